The lowest BCUT2D eigenvalue weighted by molar-refractivity contribution is 1.15. The zero-order valence-corrected chi connectivity index (χ0v) is 24.1. The van der Waals surface area contributed by atoms with Crippen LogP contribution >= 0.6 is 31.9 Å². The number of anilines is 8. The van der Waals surface area contributed by atoms with Crippen LogP contribution in [0.4, 0.5) is 46.3 Å². The van der Waals surface area contributed by atoms with Crippen LogP contribution in [0.25, 0.3) is 11.0 Å². The second-order valence-electron chi connectivity index (χ2n) is 8.73. The van der Waals surface area contributed by atoms with Gasteiger partial charge in [0, 0.05) is 31.7 Å². The monoisotopic (exact) mass is 652 g/mol. The number of nitrogens with zero attached hydrogens (tertiary/aromatic N) is 4. The van der Waals surface area contributed by atoms with E-state index in [-0.39, 0.29) is 0 Å². The predicted molar refractivity (Wildman–Crippen MR) is 169 cm³/mol. The predicted octanol–water partition coefficient (Wildman–Crippen LogP) is 8.92. The van der Waals surface area contributed by atoms with E-state index in [0.717, 1.165) is 31.7 Å². The second kappa shape index (κ2) is 11.7. The largest absolute Gasteiger partial charge is 0.338 e. The number of hydrogen-bond donors (Lipinski definition) is 4. The van der Waals surface area contributed by atoms with E-state index in [1.165, 1.54) is 0 Å². The molecule has 0 radical (unpaired) electrons. The summed E-state index contributed by atoms with van der Waals surface area (Å²) in [5, 5.41) is 13.5. The SMILES string of the molecule is Brc1ccc(Nc2nc(Nc3ccccc3)c3nc(Nc4ccc(Br)cc4)nc(Nc4ccccc4)c3n2)cc1. The van der Waals surface area contributed by atoms with Gasteiger partial charge < -0.3 is 21.3 Å². The molecule has 8 nitrogen and oxygen atoms in total. The minimum Gasteiger partial charge on any atom is -0.338 e. The topological polar surface area (TPSA) is 99.7 Å². The van der Waals surface area contributed by atoms with Gasteiger partial charge in [-0.15, -0.1) is 0 Å². The van der Waals surface area contributed by atoms with Crippen molar-refractivity contribution in [2.24, 2.45) is 0 Å². The Balaban J connectivity index is 1.50. The van der Waals surface area contributed by atoms with Gasteiger partial charge >= 0.3 is 0 Å². The normalized spacial score (nSPS) is 10.8. The molecule has 196 valence electrons. The molecule has 6 aromatic rings. The van der Waals surface area contributed by atoms with Crippen LogP contribution < -0.4 is 21.3 Å². The number of hydrogen-bond acceptors (Lipinski definition) is 8. The maximum atomic E-state index is 4.86. The Morgan fingerprint density at radius 3 is 1.10 bits per heavy atom. The summed E-state index contributed by atoms with van der Waals surface area (Å²) in [6.07, 6.45) is 0. The molecule has 0 saturated carbocycles. The zero-order valence-electron chi connectivity index (χ0n) is 20.9. The van der Waals surface area contributed by atoms with Gasteiger partial charge in [-0.1, -0.05) is 68.3 Å². The van der Waals surface area contributed by atoms with E-state index in [9.17, 15) is 0 Å². The van der Waals surface area contributed by atoms with Crippen molar-refractivity contribution in [3.63, 3.8) is 0 Å². The lowest BCUT2D eigenvalue weighted by Crippen LogP contribution is -2.08. The molecule has 0 fully saturated rings. The van der Waals surface area contributed by atoms with E-state index in [4.69, 9.17) is 19.9 Å². The number of nitrogens with one attached hydrogen (secondary N) is 4. The zero-order chi connectivity index (χ0) is 27.3. The number of para-hydroxylation sites is 2. The first kappa shape index (κ1) is 25.7. The van der Waals surface area contributed by atoms with Crippen molar-refractivity contribution in [3.05, 3.63) is 118 Å². The Morgan fingerprint density at radius 2 is 0.725 bits per heavy atom. The fourth-order valence-electron chi connectivity index (χ4n) is 3.94. The molecule has 40 heavy (non-hydrogen) atoms. The van der Waals surface area contributed by atoms with Crippen LogP contribution in [0.15, 0.2) is 118 Å². The molecule has 0 aliphatic rings. The molecule has 2 aromatic heterocycles. The minimum absolute atomic E-state index is 0.404. The first-order chi connectivity index (χ1) is 19.6. The highest BCUT2D eigenvalue weighted by Crippen LogP contribution is 2.32. The highest BCUT2D eigenvalue weighted by atomic mass is 79.9. The van der Waals surface area contributed by atoms with Crippen LogP contribution in [0.1, 0.15) is 0 Å². The Hall–Kier alpha value is -4.54. The van der Waals surface area contributed by atoms with E-state index in [1.807, 2.05) is 109 Å². The third-order valence-corrected chi connectivity index (χ3v) is 6.87. The Kier molecular flexibility index (Phi) is 7.51. The number of aromatic nitrogens is 4. The quantitative estimate of drug-likeness (QED) is 0.129. The first-order valence-corrected chi connectivity index (χ1v) is 14.0. The van der Waals surface area contributed by atoms with Crippen LogP contribution in [0.2, 0.25) is 0 Å². The standard InChI is InChI=1S/C30H22Br2N8/c31-19-11-15-23(16-12-19)35-29-38-26-25(27(39-29)33-21-7-3-1-4-8-21)37-30(36-24-17-13-20(32)14-18-24)40-28(26)34-22-9-5-2-6-10-22/h1-18H,(H2,33,35,38,39)(H2,34,36,37,40). The van der Waals surface area contributed by atoms with Crippen LogP contribution in [0.5, 0.6) is 0 Å². The van der Waals surface area contributed by atoms with Gasteiger partial charge in [0.25, 0.3) is 0 Å². The lowest BCUT2D eigenvalue weighted by Gasteiger charge is -2.16. The smallest absolute Gasteiger partial charge is 0.230 e. The lowest BCUT2D eigenvalue weighted by atomic mass is 10.3. The molecule has 2 heterocycles. The number of fused-ring (bicyclic) bond motifs is 1. The summed E-state index contributed by atoms with van der Waals surface area (Å²) in [6, 6.07) is 35.3. The summed E-state index contributed by atoms with van der Waals surface area (Å²) in [6.45, 7) is 0. The van der Waals surface area contributed by atoms with Gasteiger partial charge in [0.15, 0.2) is 11.6 Å². The summed E-state index contributed by atoms with van der Waals surface area (Å²) in [5.41, 5.74) is 4.54. The summed E-state index contributed by atoms with van der Waals surface area (Å²) < 4.78 is 1.97. The maximum absolute atomic E-state index is 4.86. The highest BCUT2D eigenvalue weighted by molar-refractivity contribution is 9.10. The molecule has 0 unspecified atom stereocenters. The molecule has 6 rings (SSSR count). The van der Waals surface area contributed by atoms with Crippen molar-refractivity contribution in [2.45, 2.75) is 0 Å². The highest BCUT2D eigenvalue weighted by Gasteiger charge is 2.17. The van der Waals surface area contributed by atoms with Crippen LogP contribution in [0, 0.1) is 0 Å². The molecule has 0 aliphatic heterocycles. The van der Waals surface area contributed by atoms with Crippen molar-refractivity contribution in [1.82, 2.24) is 19.9 Å². The molecule has 0 aliphatic carbocycles. The molecule has 0 saturated heterocycles. The Labute approximate surface area is 247 Å². The van der Waals surface area contributed by atoms with Gasteiger partial charge in [-0.05, 0) is 72.8 Å². The van der Waals surface area contributed by atoms with Gasteiger partial charge in [-0.25, -0.2) is 9.97 Å². The van der Waals surface area contributed by atoms with Crippen molar-refractivity contribution in [2.75, 3.05) is 21.3 Å². The second-order valence-corrected chi connectivity index (χ2v) is 10.6. The summed E-state index contributed by atoms with van der Waals surface area (Å²) in [7, 11) is 0. The van der Waals surface area contributed by atoms with Gasteiger partial charge in [-0.3, -0.25) is 0 Å². The molecule has 10 heteroatoms. The summed E-state index contributed by atoms with van der Waals surface area (Å²) in [4.78, 5) is 19.4. The van der Waals surface area contributed by atoms with E-state index in [0.29, 0.717) is 34.6 Å². The fourth-order valence-corrected chi connectivity index (χ4v) is 4.47. The number of halogens is 2. The number of benzene rings is 4. The molecule has 0 atom stereocenters. The van der Waals surface area contributed by atoms with Crippen molar-refractivity contribution in [1.29, 1.82) is 0 Å². The summed E-state index contributed by atoms with van der Waals surface area (Å²) in [5.74, 6) is 1.88. The average Bonchev–Trinajstić information content (AvgIpc) is 2.97. The van der Waals surface area contributed by atoms with E-state index >= 15 is 0 Å². The Morgan fingerprint density at radius 1 is 0.375 bits per heavy atom. The minimum atomic E-state index is 0.404. The van der Waals surface area contributed by atoms with E-state index in [1.54, 1.807) is 0 Å². The van der Waals surface area contributed by atoms with Crippen molar-refractivity contribution < 1.29 is 0 Å². The third-order valence-electron chi connectivity index (χ3n) is 5.82. The third kappa shape index (κ3) is 6.19. The van der Waals surface area contributed by atoms with Crippen molar-refractivity contribution >= 4 is 89.2 Å². The molecule has 4 aromatic carbocycles. The molecule has 0 amide bonds. The van der Waals surface area contributed by atoms with Crippen LogP contribution in [0.3, 0.4) is 0 Å². The van der Waals surface area contributed by atoms with Gasteiger partial charge in [0.05, 0.1) is 0 Å². The molecule has 0 bridgehead atoms. The number of rotatable bonds is 8. The van der Waals surface area contributed by atoms with Crippen LogP contribution in [-0.4, -0.2) is 19.9 Å². The van der Waals surface area contributed by atoms with Crippen LogP contribution in [-0.2, 0) is 0 Å². The van der Waals surface area contributed by atoms with Gasteiger partial charge in [0.2, 0.25) is 11.9 Å². The summed E-state index contributed by atoms with van der Waals surface area (Å²) >= 11 is 6.97. The van der Waals surface area contributed by atoms with E-state index < -0.39 is 0 Å². The average molecular weight is 654 g/mol. The van der Waals surface area contributed by atoms with Gasteiger partial charge in [0.1, 0.15) is 11.0 Å². The molecule has 0 spiro atoms. The molecular weight excluding hydrogens is 632 g/mol. The molecular formula is C30H22Br2N8. The van der Waals surface area contributed by atoms with Gasteiger partial charge in [-0.2, -0.15) is 9.97 Å². The maximum Gasteiger partial charge on any atom is 0.230 e. The van der Waals surface area contributed by atoms with Crippen molar-refractivity contribution in [3.8, 4) is 0 Å². The fraction of sp³-hybridized carbons (Fsp3) is 0. The first-order valence-electron chi connectivity index (χ1n) is 12.4. The Bertz CT molecular complexity index is 1620. The molecule has 4 N–H and O–H groups in total. The van der Waals surface area contributed by atoms with E-state index in [2.05, 4.69) is 53.1 Å².